The lowest BCUT2D eigenvalue weighted by atomic mass is 10.1. The molecule has 1 heterocycles. The normalized spacial score (nSPS) is 16.7. The van der Waals surface area contributed by atoms with Gasteiger partial charge in [0.1, 0.15) is 0 Å². The molecule has 1 rings (SSSR count). The molecule has 1 aliphatic heterocycles. The van der Waals surface area contributed by atoms with Crippen molar-refractivity contribution in [2.75, 3.05) is 32.8 Å². The highest BCUT2D eigenvalue weighted by atomic mass is 16.5. The maximum atomic E-state index is 11.7. The van der Waals surface area contributed by atoms with E-state index in [1.807, 2.05) is 0 Å². The Labute approximate surface area is 108 Å². The number of nitrogens with zero attached hydrogens (tertiary/aromatic N) is 1. The summed E-state index contributed by atoms with van der Waals surface area (Å²) in [7, 11) is 0. The maximum absolute atomic E-state index is 11.7. The van der Waals surface area contributed by atoms with E-state index in [0.29, 0.717) is 26.2 Å². The van der Waals surface area contributed by atoms with E-state index in [9.17, 15) is 9.59 Å². The number of ether oxygens (including phenoxy) is 1. The maximum Gasteiger partial charge on any atom is 0.241 e. The molecule has 1 aliphatic rings. The Bertz CT molecular complexity index is 276. The number of hydrogen-bond donors (Lipinski definition) is 2. The minimum atomic E-state index is -0.177. The quantitative estimate of drug-likeness (QED) is 0.627. The molecule has 0 aromatic carbocycles. The van der Waals surface area contributed by atoms with Crippen LogP contribution in [0.1, 0.15) is 26.2 Å². The molecule has 3 N–H and O–H groups in total. The summed E-state index contributed by atoms with van der Waals surface area (Å²) in [6.45, 7) is 4.24. The van der Waals surface area contributed by atoms with Crippen molar-refractivity contribution in [3.8, 4) is 0 Å². The van der Waals surface area contributed by atoms with Gasteiger partial charge in [-0.1, -0.05) is 0 Å². The Balaban J connectivity index is 2.18. The van der Waals surface area contributed by atoms with Crippen molar-refractivity contribution in [3.05, 3.63) is 0 Å². The first-order valence-electron chi connectivity index (χ1n) is 6.47. The van der Waals surface area contributed by atoms with Gasteiger partial charge >= 0.3 is 0 Å². The van der Waals surface area contributed by atoms with Gasteiger partial charge in [0.15, 0.2) is 0 Å². The molecule has 0 aromatic rings. The lowest BCUT2D eigenvalue weighted by molar-refractivity contribution is -0.134. The van der Waals surface area contributed by atoms with Crippen LogP contribution in [0.3, 0.4) is 0 Å². The molecule has 0 radical (unpaired) electrons. The molecule has 0 bridgehead atoms. The zero-order chi connectivity index (χ0) is 13.4. The van der Waals surface area contributed by atoms with Crippen LogP contribution in [0.15, 0.2) is 0 Å². The summed E-state index contributed by atoms with van der Waals surface area (Å²) in [5.41, 5.74) is 5.40. The number of likely N-dealkylation sites (tertiary alicyclic amines) is 1. The van der Waals surface area contributed by atoms with E-state index >= 15 is 0 Å². The zero-order valence-electron chi connectivity index (χ0n) is 11.0. The van der Waals surface area contributed by atoms with Gasteiger partial charge in [0, 0.05) is 26.6 Å². The molecule has 0 atom stereocenters. The summed E-state index contributed by atoms with van der Waals surface area (Å²) in [6, 6.07) is 0. The van der Waals surface area contributed by atoms with Gasteiger partial charge in [0.25, 0.3) is 0 Å². The van der Waals surface area contributed by atoms with E-state index < -0.39 is 0 Å². The van der Waals surface area contributed by atoms with Crippen LogP contribution in [0.25, 0.3) is 0 Å². The van der Waals surface area contributed by atoms with Crippen LogP contribution >= 0.6 is 0 Å². The Morgan fingerprint density at radius 3 is 2.61 bits per heavy atom. The third kappa shape index (κ3) is 5.46. The summed E-state index contributed by atoms with van der Waals surface area (Å²) in [5.74, 6) is -0.200. The van der Waals surface area contributed by atoms with Crippen LogP contribution in [0, 0.1) is 0 Å². The van der Waals surface area contributed by atoms with Gasteiger partial charge in [-0.2, -0.15) is 0 Å². The van der Waals surface area contributed by atoms with Crippen molar-refractivity contribution >= 4 is 11.8 Å². The second kappa shape index (κ2) is 8.05. The fraction of sp³-hybridized carbons (Fsp3) is 0.833. The Morgan fingerprint density at radius 2 is 2.06 bits per heavy atom. The van der Waals surface area contributed by atoms with Gasteiger partial charge in [-0.3, -0.25) is 9.59 Å². The molecular formula is C12H23N3O3. The molecule has 0 unspecified atom stereocenters. The number of nitrogens with two attached hydrogens (primary N) is 1. The molecule has 0 aliphatic carbocycles. The van der Waals surface area contributed by atoms with Crippen molar-refractivity contribution < 1.29 is 14.3 Å². The van der Waals surface area contributed by atoms with Gasteiger partial charge in [0.2, 0.25) is 11.8 Å². The van der Waals surface area contributed by atoms with Crippen LogP contribution in [-0.4, -0.2) is 55.6 Å². The third-order valence-corrected chi connectivity index (χ3v) is 2.99. The molecule has 1 saturated heterocycles. The standard InChI is InChI=1S/C12H23N3O3/c1-10(16)14-9-12(17)15-6-3-11(4-7-15)18-8-2-5-13/h11H,2-9,13H2,1H3,(H,14,16). The number of carbonyl (C=O) groups is 2. The van der Waals surface area contributed by atoms with E-state index in [-0.39, 0.29) is 24.5 Å². The summed E-state index contributed by atoms with van der Waals surface area (Å²) in [5, 5.41) is 2.52. The fourth-order valence-electron chi connectivity index (χ4n) is 1.92. The van der Waals surface area contributed by atoms with Crippen LogP contribution in [0.5, 0.6) is 0 Å². The largest absolute Gasteiger partial charge is 0.378 e. The average molecular weight is 257 g/mol. The van der Waals surface area contributed by atoms with E-state index in [4.69, 9.17) is 10.5 Å². The molecule has 104 valence electrons. The predicted octanol–water partition coefficient (Wildman–Crippen LogP) is -0.521. The molecule has 0 aromatic heterocycles. The number of piperidine rings is 1. The third-order valence-electron chi connectivity index (χ3n) is 2.99. The second-order valence-electron chi connectivity index (χ2n) is 4.50. The molecule has 1 fully saturated rings. The van der Waals surface area contributed by atoms with Crippen LogP contribution < -0.4 is 11.1 Å². The van der Waals surface area contributed by atoms with Gasteiger partial charge in [-0.25, -0.2) is 0 Å². The highest BCUT2D eigenvalue weighted by molar-refractivity contribution is 5.83. The van der Waals surface area contributed by atoms with Crippen molar-refractivity contribution in [1.29, 1.82) is 0 Å². The van der Waals surface area contributed by atoms with Crippen molar-refractivity contribution in [2.24, 2.45) is 5.73 Å². The van der Waals surface area contributed by atoms with Gasteiger partial charge < -0.3 is 20.7 Å². The Hall–Kier alpha value is -1.14. The topological polar surface area (TPSA) is 84.7 Å². The van der Waals surface area contributed by atoms with Crippen LogP contribution in [0.2, 0.25) is 0 Å². The number of rotatable bonds is 6. The molecule has 18 heavy (non-hydrogen) atoms. The zero-order valence-corrected chi connectivity index (χ0v) is 11.0. The first kappa shape index (κ1) is 14.9. The van der Waals surface area contributed by atoms with E-state index in [2.05, 4.69) is 5.32 Å². The minimum absolute atomic E-state index is 0.0226. The highest BCUT2D eigenvalue weighted by Gasteiger charge is 2.22. The molecule has 0 spiro atoms. The average Bonchev–Trinajstić information content (AvgIpc) is 2.37. The molecular weight excluding hydrogens is 234 g/mol. The van der Waals surface area contributed by atoms with E-state index in [1.165, 1.54) is 6.92 Å². The minimum Gasteiger partial charge on any atom is -0.378 e. The Morgan fingerprint density at radius 1 is 1.39 bits per heavy atom. The SMILES string of the molecule is CC(=O)NCC(=O)N1CCC(OCCCN)CC1. The number of nitrogens with one attached hydrogen (secondary N) is 1. The fourth-order valence-corrected chi connectivity index (χ4v) is 1.92. The molecule has 2 amide bonds. The Kier molecular flexibility index (Phi) is 6.67. The lowest BCUT2D eigenvalue weighted by Crippen LogP contribution is -2.45. The summed E-state index contributed by atoms with van der Waals surface area (Å²) in [6.07, 6.45) is 2.83. The molecule has 0 saturated carbocycles. The number of carbonyl (C=O) groups excluding carboxylic acids is 2. The van der Waals surface area contributed by atoms with Gasteiger partial charge in [-0.15, -0.1) is 0 Å². The lowest BCUT2D eigenvalue weighted by Gasteiger charge is -2.32. The summed E-state index contributed by atoms with van der Waals surface area (Å²) >= 11 is 0. The summed E-state index contributed by atoms with van der Waals surface area (Å²) in [4.78, 5) is 24.2. The van der Waals surface area contributed by atoms with Crippen LogP contribution in [0.4, 0.5) is 0 Å². The second-order valence-corrected chi connectivity index (χ2v) is 4.50. The van der Waals surface area contributed by atoms with E-state index in [0.717, 1.165) is 19.3 Å². The van der Waals surface area contributed by atoms with Gasteiger partial charge in [0.05, 0.1) is 12.6 Å². The highest BCUT2D eigenvalue weighted by Crippen LogP contribution is 2.13. The molecule has 6 heteroatoms. The van der Waals surface area contributed by atoms with Crippen molar-refractivity contribution in [3.63, 3.8) is 0 Å². The number of hydrogen-bond acceptors (Lipinski definition) is 4. The predicted molar refractivity (Wildman–Crippen MR) is 67.9 cm³/mol. The first-order valence-corrected chi connectivity index (χ1v) is 6.47. The van der Waals surface area contributed by atoms with E-state index in [1.54, 1.807) is 4.90 Å². The van der Waals surface area contributed by atoms with Crippen LogP contribution in [-0.2, 0) is 14.3 Å². The van der Waals surface area contributed by atoms with Crippen molar-refractivity contribution in [2.45, 2.75) is 32.3 Å². The van der Waals surface area contributed by atoms with Gasteiger partial charge in [-0.05, 0) is 25.8 Å². The summed E-state index contributed by atoms with van der Waals surface area (Å²) < 4.78 is 5.66. The monoisotopic (exact) mass is 257 g/mol. The van der Waals surface area contributed by atoms with Crippen molar-refractivity contribution in [1.82, 2.24) is 10.2 Å². The smallest absolute Gasteiger partial charge is 0.241 e. The molecule has 6 nitrogen and oxygen atoms in total. The first-order chi connectivity index (χ1) is 8.63. The number of amides is 2.